The smallest absolute Gasteiger partial charge is 0.213 e. The van der Waals surface area contributed by atoms with E-state index in [4.69, 9.17) is 14.2 Å². The Morgan fingerprint density at radius 3 is 2.14 bits per heavy atom. The molecule has 1 aromatic carbocycles. The highest BCUT2D eigenvalue weighted by Crippen LogP contribution is 2.11. The average Bonchev–Trinajstić information content (AvgIpc) is 2.72. The summed E-state index contributed by atoms with van der Waals surface area (Å²) in [5.74, 6) is 0.551. The molecule has 7 heteroatoms. The molecule has 2 rings (SSSR count). The first-order valence-corrected chi connectivity index (χ1v) is 9.27. The van der Waals surface area contributed by atoms with Gasteiger partial charge in [0, 0.05) is 44.2 Å². The highest BCUT2D eigenvalue weighted by molar-refractivity contribution is 5.82. The lowest BCUT2D eigenvalue weighted by Gasteiger charge is -2.11. The molecule has 0 aliphatic heterocycles. The van der Waals surface area contributed by atoms with E-state index in [1.165, 1.54) is 0 Å². The standard InChI is InChI=1S/C21H28N4O3/c1-4-26-11-12-27-13-14-28-21-10-7-19(15-22-21)17-24-23-16-18-5-8-20(9-6-18)25(2)3/h5-10,15-17H,4,11-14H2,1-3H3/b23-16+,24-17+. The summed E-state index contributed by atoms with van der Waals surface area (Å²) in [6, 6.07) is 11.8. The van der Waals surface area contributed by atoms with Gasteiger partial charge in [-0.15, -0.1) is 0 Å². The zero-order valence-electron chi connectivity index (χ0n) is 16.7. The fourth-order valence-corrected chi connectivity index (χ4v) is 2.18. The molecule has 0 saturated heterocycles. The Kier molecular flexibility index (Phi) is 9.68. The first kappa shape index (κ1) is 21.5. The lowest BCUT2D eigenvalue weighted by atomic mass is 10.2. The molecule has 0 saturated carbocycles. The van der Waals surface area contributed by atoms with Gasteiger partial charge in [0.05, 0.1) is 32.2 Å². The predicted molar refractivity (Wildman–Crippen MR) is 113 cm³/mol. The average molecular weight is 384 g/mol. The van der Waals surface area contributed by atoms with Crippen LogP contribution in [0.2, 0.25) is 0 Å². The highest BCUT2D eigenvalue weighted by atomic mass is 16.5. The minimum atomic E-state index is 0.448. The van der Waals surface area contributed by atoms with Gasteiger partial charge < -0.3 is 19.1 Å². The molecule has 1 aromatic heterocycles. The van der Waals surface area contributed by atoms with Crippen LogP contribution in [0.4, 0.5) is 5.69 Å². The Morgan fingerprint density at radius 2 is 1.50 bits per heavy atom. The Morgan fingerprint density at radius 1 is 0.857 bits per heavy atom. The number of hydrogen-bond donors (Lipinski definition) is 0. The van der Waals surface area contributed by atoms with Crippen LogP contribution in [0.3, 0.4) is 0 Å². The summed E-state index contributed by atoms with van der Waals surface area (Å²) in [7, 11) is 4.02. The van der Waals surface area contributed by atoms with E-state index in [-0.39, 0.29) is 0 Å². The maximum atomic E-state index is 5.52. The molecule has 0 spiro atoms. The van der Waals surface area contributed by atoms with E-state index >= 15 is 0 Å². The number of nitrogens with zero attached hydrogens (tertiary/aromatic N) is 4. The van der Waals surface area contributed by atoms with E-state index in [1.54, 1.807) is 24.7 Å². The topological polar surface area (TPSA) is 68.5 Å². The lowest BCUT2D eigenvalue weighted by Crippen LogP contribution is -2.11. The van der Waals surface area contributed by atoms with Gasteiger partial charge in [-0.2, -0.15) is 10.2 Å². The Balaban J connectivity index is 1.71. The predicted octanol–water partition coefficient (Wildman–Crippen LogP) is 3.03. The van der Waals surface area contributed by atoms with E-state index in [1.807, 2.05) is 51.4 Å². The van der Waals surface area contributed by atoms with Crippen LogP contribution in [-0.2, 0) is 9.47 Å². The molecule has 0 radical (unpaired) electrons. The monoisotopic (exact) mass is 384 g/mol. The fraction of sp³-hybridized carbons (Fsp3) is 0.381. The van der Waals surface area contributed by atoms with E-state index in [0.717, 1.165) is 16.8 Å². The molecule has 0 atom stereocenters. The Bertz CT molecular complexity index is 728. The zero-order valence-corrected chi connectivity index (χ0v) is 16.7. The van der Waals surface area contributed by atoms with Crippen molar-refractivity contribution >= 4 is 18.1 Å². The van der Waals surface area contributed by atoms with Crippen molar-refractivity contribution in [1.82, 2.24) is 4.98 Å². The molecule has 0 unspecified atom stereocenters. The summed E-state index contributed by atoms with van der Waals surface area (Å²) in [6.45, 7) is 4.78. The SMILES string of the molecule is CCOCCOCCOc1ccc(/C=N/N=C/c2ccc(N(C)C)cc2)cn1. The minimum absolute atomic E-state index is 0.448. The van der Waals surface area contributed by atoms with Gasteiger partial charge in [0.15, 0.2) is 0 Å². The normalized spacial score (nSPS) is 11.4. The first-order valence-electron chi connectivity index (χ1n) is 9.27. The molecule has 0 bridgehead atoms. The molecule has 1 heterocycles. The molecule has 7 nitrogen and oxygen atoms in total. The van der Waals surface area contributed by atoms with E-state index in [9.17, 15) is 0 Å². The van der Waals surface area contributed by atoms with Crippen molar-refractivity contribution in [3.05, 3.63) is 53.7 Å². The summed E-state index contributed by atoms with van der Waals surface area (Å²) in [4.78, 5) is 6.29. The van der Waals surface area contributed by atoms with Crippen LogP contribution in [-0.4, -0.2) is 64.5 Å². The minimum Gasteiger partial charge on any atom is -0.475 e. The maximum absolute atomic E-state index is 5.52. The molecule has 2 aromatic rings. The second-order valence-electron chi connectivity index (χ2n) is 6.06. The highest BCUT2D eigenvalue weighted by Gasteiger charge is 1.97. The quantitative estimate of drug-likeness (QED) is 0.320. The third kappa shape index (κ3) is 8.28. The summed E-state index contributed by atoms with van der Waals surface area (Å²) < 4.78 is 16.1. The summed E-state index contributed by atoms with van der Waals surface area (Å²) in [5, 5.41) is 8.13. The van der Waals surface area contributed by atoms with Crippen molar-refractivity contribution in [2.24, 2.45) is 10.2 Å². The largest absolute Gasteiger partial charge is 0.475 e. The first-order chi connectivity index (χ1) is 13.7. The van der Waals surface area contributed by atoms with E-state index in [0.29, 0.717) is 38.9 Å². The summed E-state index contributed by atoms with van der Waals surface area (Å²) in [5.41, 5.74) is 2.99. The molecule has 0 fully saturated rings. The van der Waals surface area contributed by atoms with Crippen molar-refractivity contribution in [3.8, 4) is 5.88 Å². The number of benzene rings is 1. The van der Waals surface area contributed by atoms with Crippen molar-refractivity contribution < 1.29 is 14.2 Å². The van der Waals surface area contributed by atoms with Gasteiger partial charge >= 0.3 is 0 Å². The van der Waals surface area contributed by atoms with Crippen molar-refractivity contribution in [2.75, 3.05) is 52.0 Å². The van der Waals surface area contributed by atoms with Gasteiger partial charge in [-0.25, -0.2) is 4.98 Å². The number of ether oxygens (including phenoxy) is 3. The van der Waals surface area contributed by atoms with Crippen LogP contribution in [0.15, 0.2) is 52.8 Å². The van der Waals surface area contributed by atoms with Crippen LogP contribution >= 0.6 is 0 Å². The second kappa shape index (κ2) is 12.6. The van der Waals surface area contributed by atoms with Crippen LogP contribution in [0.5, 0.6) is 5.88 Å². The molecule has 0 amide bonds. The molecule has 0 N–H and O–H groups in total. The number of rotatable bonds is 12. The molecule has 28 heavy (non-hydrogen) atoms. The number of anilines is 1. The molecule has 0 aliphatic rings. The summed E-state index contributed by atoms with van der Waals surface area (Å²) >= 11 is 0. The van der Waals surface area contributed by atoms with Gasteiger partial charge in [-0.1, -0.05) is 12.1 Å². The van der Waals surface area contributed by atoms with Crippen LogP contribution in [0.1, 0.15) is 18.1 Å². The van der Waals surface area contributed by atoms with Gasteiger partial charge in [0.25, 0.3) is 0 Å². The number of aromatic nitrogens is 1. The molecular weight excluding hydrogens is 356 g/mol. The second-order valence-corrected chi connectivity index (χ2v) is 6.06. The van der Waals surface area contributed by atoms with Gasteiger partial charge in [-0.3, -0.25) is 0 Å². The third-order valence-corrected chi connectivity index (χ3v) is 3.70. The van der Waals surface area contributed by atoms with Crippen molar-refractivity contribution in [2.45, 2.75) is 6.92 Å². The lowest BCUT2D eigenvalue weighted by molar-refractivity contribution is 0.0399. The molecular formula is C21H28N4O3. The zero-order chi connectivity index (χ0) is 20.0. The Labute approximate surface area is 166 Å². The van der Waals surface area contributed by atoms with Crippen LogP contribution in [0, 0.1) is 0 Å². The van der Waals surface area contributed by atoms with Gasteiger partial charge in [-0.05, 0) is 30.7 Å². The summed E-state index contributed by atoms with van der Waals surface area (Å²) in [6.07, 6.45) is 5.06. The molecule has 150 valence electrons. The van der Waals surface area contributed by atoms with Gasteiger partial charge in [0.1, 0.15) is 6.61 Å². The maximum Gasteiger partial charge on any atom is 0.213 e. The third-order valence-electron chi connectivity index (χ3n) is 3.70. The van der Waals surface area contributed by atoms with E-state index < -0.39 is 0 Å². The fourth-order valence-electron chi connectivity index (χ4n) is 2.18. The van der Waals surface area contributed by atoms with Crippen LogP contribution < -0.4 is 9.64 Å². The number of pyridine rings is 1. The van der Waals surface area contributed by atoms with Crippen molar-refractivity contribution in [3.63, 3.8) is 0 Å². The van der Waals surface area contributed by atoms with Crippen molar-refractivity contribution in [1.29, 1.82) is 0 Å². The number of hydrogen-bond acceptors (Lipinski definition) is 7. The van der Waals surface area contributed by atoms with E-state index in [2.05, 4.69) is 20.1 Å². The Hall–Kier alpha value is -2.77. The molecule has 0 aliphatic carbocycles. The van der Waals surface area contributed by atoms with Crippen LogP contribution in [0.25, 0.3) is 0 Å². The van der Waals surface area contributed by atoms with Gasteiger partial charge in [0.2, 0.25) is 5.88 Å².